The number of rotatable bonds is 8. The van der Waals surface area contributed by atoms with Crippen molar-refractivity contribution in [1.82, 2.24) is 15.6 Å². The first kappa shape index (κ1) is 20.7. The molecule has 2 aromatic rings. The maximum atomic E-state index is 13.4. The van der Waals surface area contributed by atoms with Gasteiger partial charge in [0.1, 0.15) is 22.5 Å². The summed E-state index contributed by atoms with van der Waals surface area (Å²) in [4.78, 5) is 28.1. The number of halogens is 3. The number of nitrogens with one attached hydrogen (secondary N) is 2. The Balaban J connectivity index is 1.17. The standard InChI is InChI=1S/C20H18Cl2FN3O4/c21-14-3-1-12(5-15(14)23)29-7-17(27)25-19-9-20(10-19,11-19)26-18(28)8-30-13-2-4-16(22)24-6-13/h1-6H,7-11H2,(H,25,27)(H,26,28). The van der Waals surface area contributed by atoms with Crippen LogP contribution in [0.1, 0.15) is 19.3 Å². The Labute approximate surface area is 181 Å². The molecule has 30 heavy (non-hydrogen) atoms. The fourth-order valence-electron chi connectivity index (χ4n) is 4.03. The lowest BCUT2D eigenvalue weighted by Crippen LogP contribution is -2.84. The van der Waals surface area contributed by atoms with E-state index in [4.69, 9.17) is 32.7 Å². The van der Waals surface area contributed by atoms with Crippen LogP contribution < -0.4 is 20.1 Å². The maximum Gasteiger partial charge on any atom is 0.258 e. The third-order valence-electron chi connectivity index (χ3n) is 5.17. The lowest BCUT2D eigenvalue weighted by atomic mass is 9.44. The molecule has 0 spiro atoms. The van der Waals surface area contributed by atoms with E-state index in [9.17, 15) is 14.0 Å². The summed E-state index contributed by atoms with van der Waals surface area (Å²) < 4.78 is 24.1. The van der Waals surface area contributed by atoms with E-state index >= 15 is 0 Å². The van der Waals surface area contributed by atoms with E-state index in [2.05, 4.69) is 15.6 Å². The van der Waals surface area contributed by atoms with Gasteiger partial charge in [-0.3, -0.25) is 9.59 Å². The van der Waals surface area contributed by atoms with E-state index in [0.29, 0.717) is 30.2 Å². The van der Waals surface area contributed by atoms with Crippen LogP contribution in [0.5, 0.6) is 11.5 Å². The molecule has 0 unspecified atom stereocenters. The third kappa shape index (κ3) is 4.44. The van der Waals surface area contributed by atoms with Crippen molar-refractivity contribution in [2.45, 2.75) is 30.3 Å². The van der Waals surface area contributed by atoms with Crippen molar-refractivity contribution in [2.75, 3.05) is 13.2 Å². The summed E-state index contributed by atoms with van der Waals surface area (Å²) >= 11 is 11.3. The smallest absolute Gasteiger partial charge is 0.258 e. The Bertz CT molecular complexity index is 967. The predicted molar refractivity (Wildman–Crippen MR) is 107 cm³/mol. The molecule has 2 bridgehead atoms. The van der Waals surface area contributed by atoms with E-state index in [0.717, 1.165) is 6.07 Å². The molecule has 1 aromatic heterocycles. The highest BCUT2D eigenvalue weighted by Gasteiger charge is 2.69. The number of amides is 2. The number of hydrogen-bond donors (Lipinski definition) is 2. The third-order valence-corrected chi connectivity index (χ3v) is 5.70. The van der Waals surface area contributed by atoms with Crippen LogP contribution in [0.25, 0.3) is 0 Å². The second-order valence-electron chi connectivity index (χ2n) is 7.66. The van der Waals surface area contributed by atoms with E-state index in [-0.39, 0.29) is 46.9 Å². The minimum absolute atomic E-state index is 0.0109. The molecule has 2 N–H and O–H groups in total. The van der Waals surface area contributed by atoms with Gasteiger partial charge in [0.05, 0.1) is 11.2 Å². The van der Waals surface area contributed by atoms with E-state index in [1.165, 1.54) is 18.3 Å². The van der Waals surface area contributed by atoms with Crippen LogP contribution in [0.4, 0.5) is 4.39 Å². The molecule has 158 valence electrons. The van der Waals surface area contributed by atoms with Crippen molar-refractivity contribution in [3.05, 3.63) is 52.5 Å². The molecule has 3 aliphatic rings. The molecule has 1 aromatic carbocycles. The molecule has 1 heterocycles. The summed E-state index contributed by atoms with van der Waals surface area (Å²) in [6, 6.07) is 7.20. The molecule has 3 fully saturated rings. The number of carbonyl (C=O) groups excluding carboxylic acids is 2. The molecule has 0 aliphatic heterocycles. The van der Waals surface area contributed by atoms with Gasteiger partial charge in [-0.15, -0.1) is 0 Å². The largest absolute Gasteiger partial charge is 0.484 e. The van der Waals surface area contributed by atoms with Crippen LogP contribution in [0.2, 0.25) is 10.2 Å². The molecule has 7 nitrogen and oxygen atoms in total. The van der Waals surface area contributed by atoms with Gasteiger partial charge in [-0.1, -0.05) is 23.2 Å². The molecular formula is C20H18Cl2FN3O4. The molecule has 0 saturated heterocycles. The van der Waals surface area contributed by atoms with Crippen LogP contribution in [0.3, 0.4) is 0 Å². The number of aromatic nitrogens is 1. The van der Waals surface area contributed by atoms with Crippen LogP contribution in [0.15, 0.2) is 36.5 Å². The summed E-state index contributed by atoms with van der Waals surface area (Å²) in [6.45, 7) is -0.360. The number of benzene rings is 1. The SMILES string of the molecule is O=C(COc1ccc(Cl)nc1)NC12CC(NC(=O)COc3ccc(Cl)c(F)c3)(C1)C2. The fourth-order valence-corrected chi connectivity index (χ4v) is 4.26. The van der Waals surface area contributed by atoms with Gasteiger partial charge in [-0.2, -0.15) is 0 Å². The zero-order chi connectivity index (χ0) is 21.4. The molecule has 3 aliphatic carbocycles. The van der Waals surface area contributed by atoms with Crippen molar-refractivity contribution in [3.63, 3.8) is 0 Å². The van der Waals surface area contributed by atoms with Crippen LogP contribution in [-0.4, -0.2) is 41.1 Å². The Kier molecular flexibility index (Phi) is 5.46. The van der Waals surface area contributed by atoms with Gasteiger partial charge in [-0.25, -0.2) is 9.37 Å². The van der Waals surface area contributed by atoms with E-state index in [1.807, 2.05) is 0 Å². The topological polar surface area (TPSA) is 89.5 Å². The van der Waals surface area contributed by atoms with Crippen molar-refractivity contribution < 1.29 is 23.5 Å². The summed E-state index contributed by atoms with van der Waals surface area (Å²) in [5.74, 6) is -0.468. The van der Waals surface area contributed by atoms with Crippen molar-refractivity contribution in [1.29, 1.82) is 0 Å². The van der Waals surface area contributed by atoms with Crippen LogP contribution in [0, 0.1) is 5.82 Å². The molecular weight excluding hydrogens is 436 g/mol. The summed E-state index contributed by atoms with van der Waals surface area (Å²) in [7, 11) is 0. The number of nitrogens with zero attached hydrogens (tertiary/aromatic N) is 1. The van der Waals surface area contributed by atoms with Crippen LogP contribution >= 0.6 is 23.2 Å². The lowest BCUT2D eigenvalue weighted by molar-refractivity contribution is -0.151. The molecule has 0 atom stereocenters. The van der Waals surface area contributed by atoms with Crippen molar-refractivity contribution in [2.24, 2.45) is 0 Å². The van der Waals surface area contributed by atoms with E-state index < -0.39 is 5.82 Å². The average Bonchev–Trinajstić information content (AvgIpc) is 2.66. The maximum absolute atomic E-state index is 13.4. The highest BCUT2D eigenvalue weighted by atomic mass is 35.5. The summed E-state index contributed by atoms with van der Waals surface area (Å²) in [6.07, 6.45) is 3.39. The second kappa shape index (κ2) is 7.92. The van der Waals surface area contributed by atoms with Crippen molar-refractivity contribution in [3.8, 4) is 11.5 Å². The minimum atomic E-state index is -0.608. The summed E-state index contributed by atoms with van der Waals surface area (Å²) in [5.41, 5.74) is -0.619. The van der Waals surface area contributed by atoms with Gasteiger partial charge in [0.2, 0.25) is 0 Å². The predicted octanol–water partition coefficient (Wildman–Crippen LogP) is 2.89. The quantitative estimate of drug-likeness (QED) is 0.599. The highest BCUT2D eigenvalue weighted by Crippen LogP contribution is 2.60. The number of ether oxygens (including phenoxy) is 2. The first-order valence-electron chi connectivity index (χ1n) is 9.21. The Morgan fingerprint density at radius 1 is 0.967 bits per heavy atom. The number of carbonyl (C=O) groups is 2. The Morgan fingerprint density at radius 3 is 2.07 bits per heavy atom. The first-order valence-corrected chi connectivity index (χ1v) is 9.96. The van der Waals surface area contributed by atoms with Crippen LogP contribution in [-0.2, 0) is 9.59 Å². The second-order valence-corrected chi connectivity index (χ2v) is 8.45. The average molecular weight is 454 g/mol. The zero-order valence-corrected chi connectivity index (χ0v) is 17.2. The summed E-state index contributed by atoms with van der Waals surface area (Å²) in [5, 5.41) is 6.22. The molecule has 3 saturated carbocycles. The normalized spacial score (nSPS) is 23.6. The van der Waals surface area contributed by atoms with Gasteiger partial charge in [0.25, 0.3) is 11.8 Å². The Morgan fingerprint density at radius 2 is 1.53 bits per heavy atom. The fraction of sp³-hybridized carbons (Fsp3) is 0.350. The van der Waals surface area contributed by atoms with Gasteiger partial charge < -0.3 is 20.1 Å². The Hall–Kier alpha value is -2.58. The van der Waals surface area contributed by atoms with Crippen molar-refractivity contribution >= 4 is 35.0 Å². The molecule has 5 rings (SSSR count). The lowest BCUT2D eigenvalue weighted by Gasteiger charge is -2.70. The highest BCUT2D eigenvalue weighted by molar-refractivity contribution is 6.30. The molecule has 10 heteroatoms. The monoisotopic (exact) mass is 453 g/mol. The molecule has 0 radical (unpaired) electrons. The van der Waals surface area contributed by atoms with Gasteiger partial charge in [0.15, 0.2) is 13.2 Å². The minimum Gasteiger partial charge on any atom is -0.484 e. The van der Waals surface area contributed by atoms with Gasteiger partial charge >= 0.3 is 0 Å². The zero-order valence-electron chi connectivity index (χ0n) is 15.7. The molecule has 2 amide bonds. The van der Waals surface area contributed by atoms with Gasteiger partial charge in [0, 0.05) is 17.1 Å². The first-order chi connectivity index (χ1) is 14.3. The van der Waals surface area contributed by atoms with Gasteiger partial charge in [-0.05, 0) is 43.5 Å². The van der Waals surface area contributed by atoms with E-state index in [1.54, 1.807) is 12.1 Å². The number of hydrogen-bond acceptors (Lipinski definition) is 5. The number of pyridine rings is 1.